The van der Waals surface area contributed by atoms with Crippen LogP contribution in [0, 0.1) is 0 Å². The first-order valence-corrected chi connectivity index (χ1v) is 11.2. The van der Waals surface area contributed by atoms with Crippen molar-refractivity contribution < 1.29 is 19.1 Å². The molecule has 34 heavy (non-hydrogen) atoms. The first kappa shape index (κ1) is 25.1. The molecule has 1 unspecified atom stereocenters. The Morgan fingerprint density at radius 3 is 2.32 bits per heavy atom. The molecule has 3 aromatic carbocycles. The van der Waals surface area contributed by atoms with E-state index in [0.717, 1.165) is 5.75 Å². The molecule has 0 aliphatic carbocycles. The van der Waals surface area contributed by atoms with Crippen LogP contribution < -0.4 is 20.1 Å². The van der Waals surface area contributed by atoms with Crippen molar-refractivity contribution >= 4 is 34.8 Å². The zero-order chi connectivity index (χ0) is 24.5. The number of nitrogens with zero attached hydrogens (tertiary/aromatic N) is 1. The Bertz CT molecular complexity index is 1100. The predicted molar refractivity (Wildman–Crippen MR) is 135 cm³/mol. The summed E-state index contributed by atoms with van der Waals surface area (Å²) >= 11 is 5.87. The van der Waals surface area contributed by atoms with Gasteiger partial charge in [0.15, 0.2) is 0 Å². The lowest BCUT2D eigenvalue weighted by atomic mass is 10.1. The highest BCUT2D eigenvalue weighted by Gasteiger charge is 2.18. The van der Waals surface area contributed by atoms with Gasteiger partial charge >= 0.3 is 0 Å². The summed E-state index contributed by atoms with van der Waals surface area (Å²) < 4.78 is 11.0. The minimum absolute atomic E-state index is 0.153. The fraction of sp³-hybridized carbons (Fsp3) is 0.231. The van der Waals surface area contributed by atoms with Crippen molar-refractivity contribution in [3.05, 3.63) is 83.4 Å². The van der Waals surface area contributed by atoms with E-state index in [4.69, 9.17) is 21.1 Å². The highest BCUT2D eigenvalue weighted by molar-refractivity contribution is 6.30. The van der Waals surface area contributed by atoms with Gasteiger partial charge in [0.05, 0.1) is 18.8 Å². The molecule has 8 heteroatoms. The molecule has 0 aliphatic heterocycles. The standard InChI is InChI=1S/C26H28ClN3O4/c1-18(30(2)16-17-34-22-14-10-20(27)11-15-22)25(31)28-21-12-8-19(9-13-21)26(32)29-23-6-4-5-7-24(23)33-3/h4-15,18H,16-17H2,1-3H3,(H,28,31)(H,29,32). The summed E-state index contributed by atoms with van der Waals surface area (Å²) in [6.45, 7) is 2.83. The third-order valence-electron chi connectivity index (χ3n) is 5.34. The maximum atomic E-state index is 12.7. The monoisotopic (exact) mass is 481 g/mol. The number of methoxy groups -OCH3 is 1. The zero-order valence-corrected chi connectivity index (χ0v) is 20.1. The molecule has 0 spiro atoms. The number of anilines is 2. The van der Waals surface area contributed by atoms with Gasteiger partial charge in [0.25, 0.3) is 5.91 Å². The highest BCUT2D eigenvalue weighted by Crippen LogP contribution is 2.24. The van der Waals surface area contributed by atoms with E-state index in [1.54, 1.807) is 67.8 Å². The molecule has 0 aromatic heterocycles. The number of likely N-dealkylation sites (N-methyl/N-ethyl adjacent to an activating group) is 1. The maximum absolute atomic E-state index is 12.7. The molecular formula is C26H28ClN3O4. The summed E-state index contributed by atoms with van der Waals surface area (Å²) in [7, 11) is 3.41. The zero-order valence-electron chi connectivity index (χ0n) is 19.4. The first-order chi connectivity index (χ1) is 16.4. The summed E-state index contributed by atoms with van der Waals surface area (Å²) in [6.07, 6.45) is 0. The van der Waals surface area contributed by atoms with E-state index in [1.807, 2.05) is 31.0 Å². The Kier molecular flexibility index (Phi) is 8.90. The van der Waals surface area contributed by atoms with Gasteiger partial charge < -0.3 is 20.1 Å². The summed E-state index contributed by atoms with van der Waals surface area (Å²) in [4.78, 5) is 27.1. The topological polar surface area (TPSA) is 79.9 Å². The molecule has 1 atom stereocenters. The van der Waals surface area contributed by atoms with Crippen molar-refractivity contribution in [2.75, 3.05) is 37.9 Å². The van der Waals surface area contributed by atoms with Crippen LogP contribution in [-0.2, 0) is 4.79 Å². The van der Waals surface area contributed by atoms with Crippen LogP contribution in [0.25, 0.3) is 0 Å². The first-order valence-electron chi connectivity index (χ1n) is 10.8. The van der Waals surface area contributed by atoms with Gasteiger partial charge in [-0.2, -0.15) is 0 Å². The second-order valence-corrected chi connectivity index (χ2v) is 8.12. The quantitative estimate of drug-likeness (QED) is 0.429. The second-order valence-electron chi connectivity index (χ2n) is 7.68. The van der Waals surface area contributed by atoms with Crippen LogP contribution in [0.2, 0.25) is 5.02 Å². The molecule has 0 radical (unpaired) electrons. The van der Waals surface area contributed by atoms with Gasteiger partial charge in [-0.15, -0.1) is 0 Å². The van der Waals surface area contributed by atoms with E-state index in [9.17, 15) is 9.59 Å². The van der Waals surface area contributed by atoms with Crippen LogP contribution in [0.1, 0.15) is 17.3 Å². The average Bonchev–Trinajstić information content (AvgIpc) is 2.85. The van der Waals surface area contributed by atoms with Crippen molar-refractivity contribution in [3.63, 3.8) is 0 Å². The SMILES string of the molecule is COc1ccccc1NC(=O)c1ccc(NC(=O)C(C)N(C)CCOc2ccc(Cl)cc2)cc1. The van der Waals surface area contributed by atoms with Crippen LogP contribution in [-0.4, -0.2) is 50.1 Å². The van der Waals surface area contributed by atoms with E-state index in [0.29, 0.717) is 40.9 Å². The van der Waals surface area contributed by atoms with E-state index < -0.39 is 0 Å². The summed E-state index contributed by atoms with van der Waals surface area (Å²) in [6, 6.07) is 20.7. The Labute approximate surface area is 204 Å². The Morgan fingerprint density at radius 2 is 1.65 bits per heavy atom. The van der Waals surface area contributed by atoms with E-state index in [-0.39, 0.29) is 17.9 Å². The van der Waals surface area contributed by atoms with Crippen LogP contribution in [0.15, 0.2) is 72.8 Å². The molecule has 0 saturated heterocycles. The van der Waals surface area contributed by atoms with Gasteiger partial charge in [-0.05, 0) is 74.6 Å². The van der Waals surface area contributed by atoms with Gasteiger partial charge in [0.2, 0.25) is 5.91 Å². The number of rotatable bonds is 10. The lowest BCUT2D eigenvalue weighted by molar-refractivity contribution is -0.120. The van der Waals surface area contributed by atoms with E-state index in [1.165, 1.54) is 0 Å². The van der Waals surface area contributed by atoms with E-state index >= 15 is 0 Å². The van der Waals surface area contributed by atoms with Gasteiger partial charge in [0, 0.05) is 22.8 Å². The van der Waals surface area contributed by atoms with Crippen molar-refractivity contribution in [2.24, 2.45) is 0 Å². The number of hydrogen-bond donors (Lipinski definition) is 2. The number of carbonyl (C=O) groups excluding carboxylic acids is 2. The van der Waals surface area contributed by atoms with Crippen molar-refractivity contribution in [1.82, 2.24) is 4.90 Å². The van der Waals surface area contributed by atoms with Gasteiger partial charge in [-0.1, -0.05) is 23.7 Å². The van der Waals surface area contributed by atoms with Crippen LogP contribution in [0.5, 0.6) is 11.5 Å². The van der Waals surface area contributed by atoms with Crippen molar-refractivity contribution in [1.29, 1.82) is 0 Å². The van der Waals surface area contributed by atoms with Crippen LogP contribution in [0.4, 0.5) is 11.4 Å². The number of halogens is 1. The molecule has 0 heterocycles. The minimum Gasteiger partial charge on any atom is -0.495 e. The fourth-order valence-corrected chi connectivity index (χ4v) is 3.25. The summed E-state index contributed by atoms with van der Waals surface area (Å²) in [5.41, 5.74) is 1.66. The number of ether oxygens (including phenoxy) is 2. The van der Waals surface area contributed by atoms with Gasteiger partial charge in [0.1, 0.15) is 18.1 Å². The molecular weight excluding hydrogens is 454 g/mol. The maximum Gasteiger partial charge on any atom is 0.255 e. The van der Waals surface area contributed by atoms with Crippen molar-refractivity contribution in [3.8, 4) is 11.5 Å². The van der Waals surface area contributed by atoms with Crippen molar-refractivity contribution in [2.45, 2.75) is 13.0 Å². The lowest BCUT2D eigenvalue weighted by Gasteiger charge is -2.24. The normalized spacial score (nSPS) is 11.6. The van der Waals surface area contributed by atoms with Gasteiger partial charge in [-0.3, -0.25) is 14.5 Å². The number of carbonyl (C=O) groups is 2. The largest absolute Gasteiger partial charge is 0.495 e. The van der Waals surface area contributed by atoms with E-state index in [2.05, 4.69) is 10.6 Å². The third kappa shape index (κ3) is 6.97. The predicted octanol–water partition coefficient (Wildman–Crippen LogP) is 4.94. The number of benzene rings is 3. The molecule has 2 N–H and O–H groups in total. The Hall–Kier alpha value is -3.55. The Morgan fingerprint density at radius 1 is 0.971 bits per heavy atom. The molecule has 0 fully saturated rings. The molecule has 3 aromatic rings. The smallest absolute Gasteiger partial charge is 0.255 e. The average molecular weight is 482 g/mol. The number of para-hydroxylation sites is 2. The fourth-order valence-electron chi connectivity index (χ4n) is 3.13. The lowest BCUT2D eigenvalue weighted by Crippen LogP contribution is -2.41. The number of hydrogen-bond acceptors (Lipinski definition) is 5. The number of amides is 2. The molecule has 2 amide bonds. The Balaban J connectivity index is 1.49. The molecule has 0 saturated carbocycles. The van der Waals surface area contributed by atoms with Gasteiger partial charge in [-0.25, -0.2) is 0 Å². The molecule has 178 valence electrons. The molecule has 3 rings (SSSR count). The highest BCUT2D eigenvalue weighted by atomic mass is 35.5. The number of nitrogens with one attached hydrogen (secondary N) is 2. The minimum atomic E-state index is -0.373. The van der Waals surface area contributed by atoms with Crippen LogP contribution in [0.3, 0.4) is 0 Å². The summed E-state index contributed by atoms with van der Waals surface area (Å²) in [5, 5.41) is 6.36. The second kappa shape index (κ2) is 12.1. The molecule has 0 aliphatic rings. The van der Waals surface area contributed by atoms with Crippen LogP contribution >= 0.6 is 11.6 Å². The molecule has 7 nitrogen and oxygen atoms in total. The molecule has 0 bridgehead atoms. The third-order valence-corrected chi connectivity index (χ3v) is 5.59. The summed E-state index contributed by atoms with van der Waals surface area (Å²) in [5.74, 6) is 0.887.